The van der Waals surface area contributed by atoms with E-state index in [1.807, 2.05) is 12.1 Å². The van der Waals surface area contributed by atoms with Crippen LogP contribution in [0.25, 0.3) is 11.4 Å². The van der Waals surface area contributed by atoms with Crippen LogP contribution in [0.3, 0.4) is 0 Å². The summed E-state index contributed by atoms with van der Waals surface area (Å²) >= 11 is 0. The molecule has 0 atom stereocenters. The largest absolute Gasteiger partial charge is 0.493 e. The molecule has 0 bridgehead atoms. The SMILES string of the molecule is CCCCCCCCc1cc(-c2ncccn2)ccc1OCCCCCOCC(F)(F)OC(F)(F)C(F)(F)C(F)(F)C(F)(F)F. The lowest BCUT2D eigenvalue weighted by molar-refractivity contribution is -0.484. The molecule has 1 aromatic carbocycles. The molecule has 0 amide bonds. The Hall–Kier alpha value is -2.75. The molecule has 256 valence electrons. The molecular weight excluding hydrogens is 633 g/mol. The second-order valence-electron chi connectivity index (χ2n) is 10.3. The minimum Gasteiger partial charge on any atom is -0.493 e. The van der Waals surface area contributed by atoms with Crippen LogP contribution in [0.15, 0.2) is 36.7 Å². The van der Waals surface area contributed by atoms with Gasteiger partial charge in [0.1, 0.15) is 12.4 Å². The summed E-state index contributed by atoms with van der Waals surface area (Å²) in [7, 11) is 0. The number of halogens is 11. The van der Waals surface area contributed by atoms with Gasteiger partial charge in [-0.1, -0.05) is 39.0 Å². The van der Waals surface area contributed by atoms with E-state index in [1.165, 1.54) is 6.42 Å². The van der Waals surface area contributed by atoms with E-state index in [4.69, 9.17) is 4.74 Å². The maximum absolute atomic E-state index is 13.6. The molecule has 0 aliphatic rings. The highest BCUT2D eigenvalue weighted by Crippen LogP contribution is 2.54. The lowest BCUT2D eigenvalue weighted by Gasteiger charge is -2.34. The van der Waals surface area contributed by atoms with Gasteiger partial charge in [-0.15, -0.1) is 0 Å². The van der Waals surface area contributed by atoms with Crippen LogP contribution < -0.4 is 4.74 Å². The third-order valence-electron chi connectivity index (χ3n) is 6.54. The van der Waals surface area contributed by atoms with Crippen LogP contribution in [0.4, 0.5) is 48.3 Å². The molecule has 2 rings (SSSR count). The number of unbranched alkanes of at least 4 members (excludes halogenated alkanes) is 7. The summed E-state index contributed by atoms with van der Waals surface area (Å²) in [6.45, 7) is -0.237. The van der Waals surface area contributed by atoms with Crippen molar-refractivity contribution >= 4 is 0 Å². The molecule has 2 aromatic rings. The Morgan fingerprint density at radius 2 is 1.29 bits per heavy atom. The average Bonchev–Trinajstić information content (AvgIpc) is 2.95. The molecule has 1 aromatic heterocycles. The maximum atomic E-state index is 13.6. The van der Waals surface area contributed by atoms with Crippen molar-refractivity contribution in [3.63, 3.8) is 0 Å². The second-order valence-corrected chi connectivity index (χ2v) is 10.3. The van der Waals surface area contributed by atoms with E-state index < -0.39 is 43.5 Å². The number of aromatic nitrogens is 2. The Labute approximate surface area is 253 Å². The van der Waals surface area contributed by atoms with Gasteiger partial charge in [-0.3, -0.25) is 0 Å². The van der Waals surface area contributed by atoms with E-state index in [9.17, 15) is 48.3 Å². The van der Waals surface area contributed by atoms with Gasteiger partial charge in [-0.2, -0.15) is 48.3 Å². The van der Waals surface area contributed by atoms with Gasteiger partial charge >= 0.3 is 30.2 Å². The summed E-state index contributed by atoms with van der Waals surface area (Å²) in [5, 5.41) is 0. The smallest absolute Gasteiger partial charge is 0.460 e. The number of alkyl halides is 11. The van der Waals surface area contributed by atoms with Crippen molar-refractivity contribution in [1.29, 1.82) is 0 Å². The van der Waals surface area contributed by atoms with Crippen molar-refractivity contribution in [3.05, 3.63) is 42.2 Å². The first-order valence-electron chi connectivity index (χ1n) is 14.3. The van der Waals surface area contributed by atoms with Crippen molar-refractivity contribution < 1.29 is 62.5 Å². The molecule has 0 fully saturated rings. The fourth-order valence-corrected chi connectivity index (χ4v) is 4.10. The Balaban J connectivity index is 1.81. The predicted octanol–water partition coefficient (Wildman–Crippen LogP) is 9.65. The van der Waals surface area contributed by atoms with Crippen LogP contribution in [0.1, 0.15) is 70.3 Å². The average molecular weight is 669 g/mol. The molecule has 0 spiro atoms. The van der Waals surface area contributed by atoms with Crippen molar-refractivity contribution in [2.75, 3.05) is 19.8 Å². The monoisotopic (exact) mass is 668 g/mol. The van der Waals surface area contributed by atoms with Crippen molar-refractivity contribution in [1.82, 2.24) is 9.97 Å². The molecule has 0 aliphatic carbocycles. The molecule has 0 saturated carbocycles. The van der Waals surface area contributed by atoms with Gasteiger partial charge in [0, 0.05) is 24.6 Å². The Kier molecular flexibility index (Phi) is 14.3. The number of ether oxygens (including phenoxy) is 3. The van der Waals surface area contributed by atoms with E-state index in [0.717, 1.165) is 49.7 Å². The van der Waals surface area contributed by atoms with E-state index in [2.05, 4.69) is 26.4 Å². The number of benzene rings is 1. The van der Waals surface area contributed by atoms with Crippen molar-refractivity contribution in [2.24, 2.45) is 0 Å². The van der Waals surface area contributed by atoms with Gasteiger partial charge in [0.25, 0.3) is 0 Å². The summed E-state index contributed by atoms with van der Waals surface area (Å²) in [4.78, 5) is 8.53. The normalized spacial score (nSPS) is 13.3. The zero-order chi connectivity index (χ0) is 33.8. The Bertz CT molecular complexity index is 1150. The number of aryl methyl sites for hydroxylation is 1. The third kappa shape index (κ3) is 11.2. The minimum atomic E-state index is -7.35. The van der Waals surface area contributed by atoms with Gasteiger partial charge in [0.2, 0.25) is 0 Å². The van der Waals surface area contributed by atoms with Gasteiger partial charge in [-0.25, -0.2) is 14.7 Å². The third-order valence-corrected chi connectivity index (χ3v) is 6.54. The molecule has 45 heavy (non-hydrogen) atoms. The fourth-order valence-electron chi connectivity index (χ4n) is 4.10. The number of hydrogen-bond donors (Lipinski definition) is 0. The van der Waals surface area contributed by atoms with Gasteiger partial charge < -0.3 is 9.47 Å². The molecule has 1 heterocycles. The molecule has 16 heteroatoms. The van der Waals surface area contributed by atoms with Crippen LogP contribution >= 0.6 is 0 Å². The van der Waals surface area contributed by atoms with Gasteiger partial charge in [0.05, 0.1) is 6.61 Å². The first-order chi connectivity index (χ1) is 21.0. The highest BCUT2D eigenvalue weighted by Gasteiger charge is 2.83. The minimum absolute atomic E-state index is 0.0764. The molecule has 0 radical (unpaired) electrons. The van der Waals surface area contributed by atoms with Crippen molar-refractivity contribution in [3.8, 4) is 17.1 Å². The number of hydrogen-bond acceptors (Lipinski definition) is 5. The second kappa shape index (κ2) is 16.7. The van der Waals surface area contributed by atoms with E-state index in [1.54, 1.807) is 24.5 Å². The summed E-state index contributed by atoms with van der Waals surface area (Å²) in [6, 6.07) is 7.27. The zero-order valence-corrected chi connectivity index (χ0v) is 24.4. The van der Waals surface area contributed by atoms with Crippen LogP contribution in [0, 0.1) is 0 Å². The molecule has 0 saturated heterocycles. The van der Waals surface area contributed by atoms with Crippen LogP contribution in [-0.2, 0) is 15.9 Å². The Morgan fingerprint density at radius 3 is 1.93 bits per heavy atom. The zero-order valence-electron chi connectivity index (χ0n) is 24.4. The fraction of sp³-hybridized carbons (Fsp3) is 0.655. The molecule has 0 aliphatic heterocycles. The molecular formula is C29H35F11N2O3. The summed E-state index contributed by atoms with van der Waals surface area (Å²) in [5.74, 6) is -13.5. The highest BCUT2D eigenvalue weighted by molar-refractivity contribution is 5.58. The van der Waals surface area contributed by atoms with Crippen molar-refractivity contribution in [2.45, 2.75) is 101 Å². The lowest BCUT2D eigenvalue weighted by atomic mass is 10.0. The summed E-state index contributed by atoms with van der Waals surface area (Å²) < 4.78 is 155. The Morgan fingerprint density at radius 1 is 0.689 bits per heavy atom. The van der Waals surface area contributed by atoms with E-state index in [-0.39, 0.29) is 13.0 Å². The van der Waals surface area contributed by atoms with Crippen LogP contribution in [0.2, 0.25) is 0 Å². The molecule has 5 nitrogen and oxygen atoms in total. The van der Waals surface area contributed by atoms with Gasteiger partial charge in [-0.05, 0) is 61.9 Å². The molecule has 0 N–H and O–H groups in total. The van der Waals surface area contributed by atoms with E-state index >= 15 is 0 Å². The van der Waals surface area contributed by atoms with E-state index in [0.29, 0.717) is 24.4 Å². The topological polar surface area (TPSA) is 53.5 Å². The molecule has 0 unspecified atom stereocenters. The summed E-state index contributed by atoms with van der Waals surface area (Å²) in [5.41, 5.74) is 1.77. The highest BCUT2D eigenvalue weighted by atomic mass is 19.4. The predicted molar refractivity (Wildman–Crippen MR) is 142 cm³/mol. The number of rotatable bonds is 21. The first kappa shape index (κ1) is 38.4. The quantitative estimate of drug-likeness (QED) is 0.0980. The first-order valence-corrected chi connectivity index (χ1v) is 14.3. The number of nitrogens with zero attached hydrogens (tertiary/aromatic N) is 2. The summed E-state index contributed by atoms with van der Waals surface area (Å²) in [6.07, 6.45) is -7.91. The van der Waals surface area contributed by atoms with Crippen LogP contribution in [0.5, 0.6) is 5.75 Å². The maximum Gasteiger partial charge on any atom is 0.460 e. The van der Waals surface area contributed by atoms with Crippen LogP contribution in [-0.4, -0.2) is 60.0 Å². The lowest BCUT2D eigenvalue weighted by Crippen LogP contribution is -2.63. The standard InChI is InChI=1S/C29H35F11N2O3/c1-2-3-4-5-6-8-12-21-19-22(24-41-15-11-16-42-24)13-14-23(21)44-18-10-7-9-17-43-20-25(30,31)45-29(39,40)27(34,35)26(32,33)28(36,37)38/h11,13-16,19H,2-10,12,17-18,20H2,1H3. The van der Waals surface area contributed by atoms with Gasteiger partial charge in [0.15, 0.2) is 5.82 Å².